The van der Waals surface area contributed by atoms with Gasteiger partial charge in [-0.3, -0.25) is 0 Å². The molecule has 3 aliphatic rings. The smallest absolute Gasteiger partial charge is 0.235 e. The highest BCUT2D eigenvalue weighted by Crippen LogP contribution is 2.47. The van der Waals surface area contributed by atoms with Crippen LogP contribution in [0.3, 0.4) is 0 Å². The summed E-state index contributed by atoms with van der Waals surface area (Å²) in [5, 5.41) is 0. The molecule has 0 amide bonds. The van der Waals surface area contributed by atoms with Crippen molar-refractivity contribution in [2.45, 2.75) is 160 Å². The molecular weight excluding hydrogens is 543 g/mol. The SMILES string of the molecule is Fc1nc(-c2ncc(CCCCCCCCCC3CC3)cn2)cc2c1C(F)(F)C(CCCCCCCCCC1CC1)CC2. The van der Waals surface area contributed by atoms with Gasteiger partial charge in [0.15, 0.2) is 5.82 Å². The first-order valence-corrected chi connectivity index (χ1v) is 17.9. The van der Waals surface area contributed by atoms with Gasteiger partial charge in [-0.15, -0.1) is 0 Å². The third kappa shape index (κ3) is 10.3. The van der Waals surface area contributed by atoms with Gasteiger partial charge < -0.3 is 0 Å². The number of fused-ring (bicyclic) bond motifs is 1. The second-order valence-electron chi connectivity index (χ2n) is 14.1. The Morgan fingerprint density at radius 1 is 0.651 bits per heavy atom. The van der Waals surface area contributed by atoms with Crippen LogP contribution in [0.5, 0.6) is 0 Å². The van der Waals surface area contributed by atoms with Crippen molar-refractivity contribution < 1.29 is 13.2 Å². The molecule has 0 saturated heterocycles. The summed E-state index contributed by atoms with van der Waals surface area (Å²) >= 11 is 0. The molecule has 6 heteroatoms. The van der Waals surface area contributed by atoms with Gasteiger partial charge in [0.2, 0.25) is 5.95 Å². The zero-order chi connectivity index (χ0) is 29.9. The lowest BCUT2D eigenvalue weighted by atomic mass is 9.78. The maximum absolute atomic E-state index is 15.5. The van der Waals surface area contributed by atoms with Crippen LogP contribution in [0.4, 0.5) is 13.2 Å². The number of halogens is 3. The van der Waals surface area contributed by atoms with E-state index in [0.29, 0.717) is 30.7 Å². The molecule has 0 aliphatic heterocycles. The minimum atomic E-state index is -3.19. The van der Waals surface area contributed by atoms with Crippen LogP contribution in [-0.4, -0.2) is 15.0 Å². The highest BCUT2D eigenvalue weighted by molar-refractivity contribution is 5.53. The van der Waals surface area contributed by atoms with Crippen molar-refractivity contribution in [1.82, 2.24) is 15.0 Å². The first-order valence-electron chi connectivity index (χ1n) is 17.9. The Balaban J connectivity index is 1.02. The summed E-state index contributed by atoms with van der Waals surface area (Å²) in [6, 6.07) is 1.59. The molecular formula is C37H54F3N3. The molecule has 2 aromatic rings. The van der Waals surface area contributed by atoms with E-state index < -0.39 is 23.4 Å². The fourth-order valence-corrected chi connectivity index (χ4v) is 7.05. The molecule has 5 rings (SSSR count). The lowest BCUT2D eigenvalue weighted by Gasteiger charge is -2.33. The molecule has 0 aromatic carbocycles. The highest BCUT2D eigenvalue weighted by Gasteiger charge is 2.47. The predicted octanol–water partition coefficient (Wildman–Crippen LogP) is 11.3. The fraction of sp³-hybridized carbons (Fsp3) is 0.757. The van der Waals surface area contributed by atoms with Crippen LogP contribution in [0.25, 0.3) is 11.5 Å². The molecule has 0 N–H and O–H groups in total. The van der Waals surface area contributed by atoms with Crippen molar-refractivity contribution in [3.63, 3.8) is 0 Å². The number of alkyl halides is 2. The first-order chi connectivity index (χ1) is 21.0. The van der Waals surface area contributed by atoms with E-state index in [4.69, 9.17) is 0 Å². The van der Waals surface area contributed by atoms with E-state index in [9.17, 15) is 0 Å². The maximum Gasteiger partial charge on any atom is 0.280 e. The van der Waals surface area contributed by atoms with Crippen LogP contribution in [0.2, 0.25) is 0 Å². The normalized spacial score (nSPS) is 19.5. The average molecular weight is 598 g/mol. The Labute approximate surface area is 258 Å². The second-order valence-corrected chi connectivity index (χ2v) is 14.1. The number of nitrogens with zero attached hydrogens (tertiary/aromatic N) is 3. The van der Waals surface area contributed by atoms with Gasteiger partial charge in [0.05, 0.1) is 5.56 Å². The predicted molar refractivity (Wildman–Crippen MR) is 169 cm³/mol. The maximum atomic E-state index is 15.5. The van der Waals surface area contributed by atoms with Crippen molar-refractivity contribution in [3.05, 3.63) is 41.1 Å². The molecule has 2 saturated carbocycles. The molecule has 3 nitrogen and oxygen atoms in total. The van der Waals surface area contributed by atoms with Crippen molar-refractivity contribution in [2.24, 2.45) is 17.8 Å². The van der Waals surface area contributed by atoms with E-state index in [1.807, 2.05) is 0 Å². The Morgan fingerprint density at radius 3 is 1.72 bits per heavy atom. The van der Waals surface area contributed by atoms with Crippen molar-refractivity contribution in [2.75, 3.05) is 0 Å². The quantitative estimate of drug-likeness (QED) is 0.106. The summed E-state index contributed by atoms with van der Waals surface area (Å²) in [7, 11) is 0. The molecule has 2 aromatic heterocycles. The molecule has 238 valence electrons. The van der Waals surface area contributed by atoms with Crippen LogP contribution in [0.15, 0.2) is 18.5 Å². The van der Waals surface area contributed by atoms with Crippen LogP contribution >= 0.6 is 0 Å². The third-order valence-electron chi connectivity index (χ3n) is 10.2. The Kier molecular flexibility index (Phi) is 12.3. The first kappa shape index (κ1) is 32.4. The van der Waals surface area contributed by atoms with Gasteiger partial charge in [0.1, 0.15) is 5.69 Å². The highest BCUT2D eigenvalue weighted by atomic mass is 19.3. The van der Waals surface area contributed by atoms with Crippen LogP contribution in [-0.2, 0) is 18.8 Å². The Hall–Kier alpha value is -1.98. The minimum Gasteiger partial charge on any atom is -0.235 e. The standard InChI is InChI=1S/C37H54F3N3/c38-35-34-31(23-24-32(37(34,39)40)18-14-10-6-2-4-8-12-16-29-21-22-29)25-33(43-35)36-41-26-30(27-42-36)17-13-9-5-1-3-7-11-15-28-19-20-28/h25-29,32H,1-24H2. The lowest BCUT2D eigenvalue weighted by molar-refractivity contribution is -0.0824. The van der Waals surface area contributed by atoms with Crippen molar-refractivity contribution in [1.29, 1.82) is 0 Å². The fourth-order valence-electron chi connectivity index (χ4n) is 7.05. The van der Waals surface area contributed by atoms with E-state index >= 15 is 13.2 Å². The van der Waals surface area contributed by atoms with E-state index in [1.54, 1.807) is 18.5 Å². The number of aryl methyl sites for hydroxylation is 2. The number of rotatable bonds is 21. The molecule has 1 atom stereocenters. The van der Waals surface area contributed by atoms with E-state index in [2.05, 4.69) is 15.0 Å². The second kappa shape index (κ2) is 16.4. The van der Waals surface area contributed by atoms with Gasteiger partial charge in [-0.2, -0.15) is 4.39 Å². The van der Waals surface area contributed by atoms with E-state index in [-0.39, 0.29) is 5.69 Å². The number of pyridine rings is 1. The molecule has 0 bridgehead atoms. The van der Waals surface area contributed by atoms with Gasteiger partial charge in [-0.25, -0.2) is 23.7 Å². The average Bonchev–Trinajstić information content (AvgIpc) is 3.93. The van der Waals surface area contributed by atoms with Crippen LogP contribution in [0.1, 0.15) is 158 Å². The van der Waals surface area contributed by atoms with Gasteiger partial charge in [0.25, 0.3) is 5.92 Å². The summed E-state index contributed by atoms with van der Waals surface area (Å²) in [5.41, 5.74) is 1.16. The number of aromatic nitrogens is 3. The molecule has 0 radical (unpaired) electrons. The van der Waals surface area contributed by atoms with E-state index in [0.717, 1.165) is 49.5 Å². The van der Waals surface area contributed by atoms with Gasteiger partial charge in [-0.1, -0.05) is 122 Å². The molecule has 2 fully saturated rings. The summed E-state index contributed by atoms with van der Waals surface area (Å²) in [6.07, 6.45) is 31.4. The van der Waals surface area contributed by atoms with Crippen molar-refractivity contribution in [3.8, 4) is 11.5 Å². The topological polar surface area (TPSA) is 38.7 Å². The summed E-state index contributed by atoms with van der Waals surface area (Å²) < 4.78 is 46.1. The third-order valence-corrected chi connectivity index (χ3v) is 10.2. The Morgan fingerprint density at radius 2 is 1.16 bits per heavy atom. The minimum absolute atomic E-state index is 0.246. The largest absolute Gasteiger partial charge is 0.280 e. The number of hydrogen-bond acceptors (Lipinski definition) is 3. The van der Waals surface area contributed by atoms with Crippen LogP contribution in [0, 0.1) is 23.7 Å². The molecule has 0 spiro atoms. The summed E-state index contributed by atoms with van der Waals surface area (Å²) in [6.45, 7) is 0. The molecule has 43 heavy (non-hydrogen) atoms. The zero-order valence-corrected chi connectivity index (χ0v) is 26.4. The summed E-state index contributed by atoms with van der Waals surface area (Å²) in [5.74, 6) is -2.70. The lowest BCUT2D eigenvalue weighted by Crippen LogP contribution is -2.33. The van der Waals surface area contributed by atoms with Crippen molar-refractivity contribution >= 4 is 0 Å². The molecule has 2 heterocycles. The van der Waals surface area contributed by atoms with Gasteiger partial charge in [0, 0.05) is 18.3 Å². The molecule has 1 unspecified atom stereocenters. The van der Waals surface area contributed by atoms with Gasteiger partial charge >= 0.3 is 0 Å². The monoisotopic (exact) mass is 597 g/mol. The zero-order valence-electron chi connectivity index (χ0n) is 26.4. The Bertz CT molecular complexity index is 1110. The summed E-state index contributed by atoms with van der Waals surface area (Å²) in [4.78, 5) is 12.8. The number of hydrogen-bond donors (Lipinski definition) is 0. The van der Waals surface area contributed by atoms with Gasteiger partial charge in [-0.05, 0) is 61.1 Å². The number of unbranched alkanes of at least 4 members (excludes halogenated alkanes) is 12. The van der Waals surface area contributed by atoms with Crippen LogP contribution < -0.4 is 0 Å². The molecule has 3 aliphatic carbocycles. The van der Waals surface area contributed by atoms with E-state index in [1.165, 1.54) is 103 Å².